The Morgan fingerprint density at radius 2 is 1.77 bits per heavy atom. The molecule has 5 aromatic rings. The summed E-state index contributed by atoms with van der Waals surface area (Å²) in [6.07, 6.45) is 4.55. The van der Waals surface area contributed by atoms with Gasteiger partial charge in [-0.05, 0) is 61.4 Å². The summed E-state index contributed by atoms with van der Waals surface area (Å²) in [6, 6.07) is 18.5. The smallest absolute Gasteiger partial charge is 0.274 e. The highest BCUT2D eigenvalue weighted by atomic mass is 19.1. The third kappa shape index (κ3) is 6.26. The zero-order chi connectivity index (χ0) is 30.7. The number of aromatic nitrogens is 3. The Kier molecular flexibility index (Phi) is 7.99. The molecule has 0 aliphatic heterocycles. The number of hydrogen-bond acceptors (Lipinski definition) is 7. The van der Waals surface area contributed by atoms with Gasteiger partial charge in [-0.2, -0.15) is 5.26 Å². The highest BCUT2D eigenvalue weighted by molar-refractivity contribution is 6.03. The highest BCUT2D eigenvalue weighted by Gasteiger charge is 2.22. The Labute approximate surface area is 247 Å². The van der Waals surface area contributed by atoms with E-state index in [0.717, 1.165) is 11.3 Å². The normalized spacial score (nSPS) is 11.2. The molecule has 8 nitrogen and oxygen atoms in total. The van der Waals surface area contributed by atoms with Gasteiger partial charge in [-0.25, -0.2) is 13.8 Å². The fourth-order valence-corrected chi connectivity index (χ4v) is 4.51. The van der Waals surface area contributed by atoms with Gasteiger partial charge >= 0.3 is 0 Å². The quantitative estimate of drug-likeness (QED) is 0.219. The van der Waals surface area contributed by atoms with Crippen LogP contribution in [-0.2, 0) is 12.0 Å². The van der Waals surface area contributed by atoms with Crippen molar-refractivity contribution in [1.82, 2.24) is 15.0 Å². The molecule has 3 heterocycles. The standard InChI is InChI=1S/C33H28F2N6O2/c1-33(2,19-36)23-9-10-37-30(12-23)32(42)40-29-13-25(26(34)14-27(29)35)21-11-22-17-39-31(15-28(22)38-16-21)41(3)18-20-5-7-24(43-4)8-6-20/h5-17H,18H2,1-4H3,(H,40,42). The lowest BCUT2D eigenvalue weighted by Crippen LogP contribution is -2.18. The van der Waals surface area contributed by atoms with E-state index in [2.05, 4.69) is 26.3 Å². The van der Waals surface area contributed by atoms with Crippen molar-refractivity contribution in [2.24, 2.45) is 0 Å². The van der Waals surface area contributed by atoms with Crippen LogP contribution in [0.3, 0.4) is 0 Å². The zero-order valence-corrected chi connectivity index (χ0v) is 24.0. The summed E-state index contributed by atoms with van der Waals surface area (Å²) in [5, 5.41) is 12.6. The molecule has 0 aliphatic rings. The molecule has 0 aliphatic carbocycles. The number of rotatable bonds is 8. The number of amides is 1. The molecular formula is C33H28F2N6O2. The van der Waals surface area contributed by atoms with Crippen LogP contribution in [0.15, 0.2) is 79.3 Å². The second-order valence-electron chi connectivity index (χ2n) is 10.6. The minimum Gasteiger partial charge on any atom is -0.497 e. The van der Waals surface area contributed by atoms with Crippen LogP contribution < -0.4 is 15.0 Å². The summed E-state index contributed by atoms with van der Waals surface area (Å²) in [5.41, 5.74) is 1.68. The Bertz CT molecular complexity index is 1870. The van der Waals surface area contributed by atoms with E-state index in [1.807, 2.05) is 42.3 Å². The number of fused-ring (bicyclic) bond motifs is 1. The van der Waals surface area contributed by atoms with Crippen molar-refractivity contribution in [3.63, 3.8) is 0 Å². The number of nitriles is 1. The van der Waals surface area contributed by atoms with E-state index >= 15 is 0 Å². The Morgan fingerprint density at radius 1 is 1.00 bits per heavy atom. The lowest BCUT2D eigenvalue weighted by molar-refractivity contribution is 0.102. The number of methoxy groups -OCH3 is 1. The first-order valence-corrected chi connectivity index (χ1v) is 13.4. The SMILES string of the molecule is COc1ccc(CN(C)c2cc3ncc(-c4cc(NC(=O)c5cc(C(C)(C)C#N)ccn5)c(F)cc4F)cc3cn2)cc1. The van der Waals surface area contributed by atoms with Crippen molar-refractivity contribution in [2.45, 2.75) is 25.8 Å². The van der Waals surface area contributed by atoms with Crippen LogP contribution in [0.1, 0.15) is 35.5 Å². The minimum absolute atomic E-state index is 0.00249. The maximum Gasteiger partial charge on any atom is 0.274 e. The molecule has 43 heavy (non-hydrogen) atoms. The van der Waals surface area contributed by atoms with Gasteiger partial charge in [0.05, 0.1) is 29.8 Å². The van der Waals surface area contributed by atoms with Crippen LogP contribution in [0.2, 0.25) is 0 Å². The number of benzene rings is 2. The summed E-state index contributed by atoms with van der Waals surface area (Å²) in [7, 11) is 3.55. The second kappa shape index (κ2) is 11.8. The number of nitrogens with zero attached hydrogens (tertiary/aromatic N) is 5. The summed E-state index contributed by atoms with van der Waals surface area (Å²) < 4.78 is 34.9. The maximum absolute atomic E-state index is 15.0. The van der Waals surface area contributed by atoms with E-state index in [-0.39, 0.29) is 16.9 Å². The van der Waals surface area contributed by atoms with Gasteiger partial charge in [-0.3, -0.25) is 14.8 Å². The molecule has 2 aromatic carbocycles. The molecule has 216 valence electrons. The fraction of sp³-hybridized carbons (Fsp3) is 0.182. The van der Waals surface area contributed by atoms with Crippen LogP contribution in [0, 0.1) is 23.0 Å². The van der Waals surface area contributed by atoms with Crippen LogP contribution in [0.4, 0.5) is 20.3 Å². The lowest BCUT2D eigenvalue weighted by Gasteiger charge is -2.19. The maximum atomic E-state index is 15.0. The van der Waals surface area contributed by atoms with E-state index < -0.39 is 23.0 Å². The van der Waals surface area contributed by atoms with Gasteiger partial charge in [0, 0.05) is 60.8 Å². The van der Waals surface area contributed by atoms with Gasteiger partial charge in [-0.1, -0.05) is 12.1 Å². The zero-order valence-electron chi connectivity index (χ0n) is 24.0. The summed E-state index contributed by atoms with van der Waals surface area (Å²) in [6.45, 7) is 4.04. The van der Waals surface area contributed by atoms with Gasteiger partial charge in [0.2, 0.25) is 0 Å². The molecule has 0 saturated heterocycles. The molecule has 0 atom stereocenters. The Balaban J connectivity index is 1.38. The van der Waals surface area contributed by atoms with Crippen molar-refractivity contribution in [2.75, 3.05) is 24.4 Å². The van der Waals surface area contributed by atoms with Crippen molar-refractivity contribution in [1.29, 1.82) is 5.26 Å². The molecule has 10 heteroatoms. The predicted molar refractivity (Wildman–Crippen MR) is 161 cm³/mol. The van der Waals surface area contributed by atoms with Crippen molar-refractivity contribution >= 4 is 28.3 Å². The summed E-state index contributed by atoms with van der Waals surface area (Å²) in [5.74, 6) is -0.957. The Morgan fingerprint density at radius 3 is 2.49 bits per heavy atom. The molecule has 5 rings (SSSR count). The number of carbonyl (C=O) groups is 1. The predicted octanol–water partition coefficient (Wildman–Crippen LogP) is 6.67. The van der Waals surface area contributed by atoms with Gasteiger partial charge in [0.15, 0.2) is 0 Å². The molecule has 3 aromatic heterocycles. The third-order valence-corrected chi connectivity index (χ3v) is 7.13. The number of halogens is 2. The van der Waals surface area contributed by atoms with Crippen LogP contribution in [-0.4, -0.2) is 35.0 Å². The second-order valence-corrected chi connectivity index (χ2v) is 10.6. The van der Waals surface area contributed by atoms with E-state index in [4.69, 9.17) is 4.74 Å². The summed E-state index contributed by atoms with van der Waals surface area (Å²) in [4.78, 5) is 28.0. The van der Waals surface area contributed by atoms with Gasteiger partial charge in [0.25, 0.3) is 5.91 Å². The van der Waals surface area contributed by atoms with E-state index in [1.165, 1.54) is 24.5 Å². The summed E-state index contributed by atoms with van der Waals surface area (Å²) >= 11 is 0. The number of carbonyl (C=O) groups excluding carboxylic acids is 1. The van der Waals surface area contributed by atoms with Crippen molar-refractivity contribution < 1.29 is 18.3 Å². The van der Waals surface area contributed by atoms with E-state index in [1.54, 1.807) is 39.3 Å². The first-order chi connectivity index (χ1) is 20.6. The van der Waals surface area contributed by atoms with Crippen LogP contribution in [0.5, 0.6) is 5.75 Å². The van der Waals surface area contributed by atoms with Crippen LogP contribution in [0.25, 0.3) is 22.0 Å². The van der Waals surface area contributed by atoms with Crippen molar-refractivity contribution in [3.8, 4) is 22.9 Å². The molecule has 0 saturated carbocycles. The largest absolute Gasteiger partial charge is 0.497 e. The molecule has 0 bridgehead atoms. The molecule has 0 spiro atoms. The number of nitrogens with one attached hydrogen (secondary N) is 1. The van der Waals surface area contributed by atoms with Gasteiger partial charge < -0.3 is 15.0 Å². The molecular weight excluding hydrogens is 550 g/mol. The van der Waals surface area contributed by atoms with Crippen LogP contribution >= 0.6 is 0 Å². The van der Waals surface area contributed by atoms with E-state index in [0.29, 0.717) is 40.5 Å². The van der Waals surface area contributed by atoms with Gasteiger partial charge in [-0.15, -0.1) is 0 Å². The first kappa shape index (κ1) is 29.1. The number of pyridine rings is 3. The van der Waals surface area contributed by atoms with Crippen molar-refractivity contribution in [3.05, 3.63) is 108 Å². The average molecular weight is 579 g/mol. The third-order valence-electron chi connectivity index (χ3n) is 7.13. The fourth-order valence-electron chi connectivity index (χ4n) is 4.51. The Hall–Kier alpha value is -5.43. The number of hydrogen-bond donors (Lipinski definition) is 1. The topological polar surface area (TPSA) is 104 Å². The molecule has 0 unspecified atom stereocenters. The molecule has 1 N–H and O–H groups in total. The van der Waals surface area contributed by atoms with Gasteiger partial charge in [0.1, 0.15) is 28.9 Å². The van der Waals surface area contributed by atoms with E-state index in [9.17, 15) is 18.8 Å². The molecule has 1 amide bonds. The average Bonchev–Trinajstić information content (AvgIpc) is 3.02. The number of ether oxygens (including phenoxy) is 1. The molecule has 0 fully saturated rings. The monoisotopic (exact) mass is 578 g/mol. The first-order valence-electron chi connectivity index (χ1n) is 13.4. The molecule has 0 radical (unpaired) electrons. The number of anilines is 2. The minimum atomic E-state index is -0.942. The highest BCUT2D eigenvalue weighted by Crippen LogP contribution is 2.31. The lowest BCUT2D eigenvalue weighted by atomic mass is 9.86.